The highest BCUT2D eigenvalue weighted by atomic mass is 35.5. The second-order valence-electron chi connectivity index (χ2n) is 7.27. The fourth-order valence-corrected chi connectivity index (χ4v) is 3.66. The lowest BCUT2D eigenvalue weighted by Gasteiger charge is -2.19. The minimum Gasteiger partial charge on any atom is -0.489 e. The number of nitrogens with zero attached hydrogens (tertiary/aromatic N) is 1. The van der Waals surface area contributed by atoms with Gasteiger partial charge in [0, 0.05) is 22.7 Å². The highest BCUT2D eigenvalue weighted by Crippen LogP contribution is 2.19. The summed E-state index contributed by atoms with van der Waals surface area (Å²) in [4.78, 5) is 14.9. The summed E-state index contributed by atoms with van der Waals surface area (Å²) < 4.78 is 5.81. The molecule has 1 aliphatic heterocycles. The molecule has 1 saturated heterocycles. The van der Waals surface area contributed by atoms with Crippen molar-refractivity contribution in [3.8, 4) is 5.75 Å². The van der Waals surface area contributed by atoms with Crippen molar-refractivity contribution in [3.63, 3.8) is 0 Å². The van der Waals surface area contributed by atoms with Crippen LogP contribution in [-0.4, -0.2) is 37.0 Å². The number of nitrogens with one attached hydrogen (secondary N) is 1. The van der Waals surface area contributed by atoms with Gasteiger partial charge in [-0.3, -0.25) is 4.79 Å². The minimum absolute atomic E-state index is 0.0564. The summed E-state index contributed by atoms with van der Waals surface area (Å²) in [6.45, 7) is 4.51. The van der Waals surface area contributed by atoms with Gasteiger partial charge in [-0.1, -0.05) is 48.7 Å². The van der Waals surface area contributed by atoms with E-state index in [9.17, 15) is 4.79 Å². The lowest BCUT2D eigenvalue weighted by atomic mass is 10.2. The summed E-state index contributed by atoms with van der Waals surface area (Å²) in [5.74, 6) is 0.608. The summed E-state index contributed by atoms with van der Waals surface area (Å²) in [7, 11) is 0. The Morgan fingerprint density at radius 1 is 1.04 bits per heavy atom. The number of carbonyl (C=O) groups is 1. The second-order valence-corrected chi connectivity index (χ2v) is 7.68. The summed E-state index contributed by atoms with van der Waals surface area (Å²) in [5.41, 5.74) is 1.54. The van der Waals surface area contributed by atoms with E-state index in [0.717, 1.165) is 18.5 Å². The van der Waals surface area contributed by atoms with E-state index in [1.807, 2.05) is 42.5 Å². The third-order valence-electron chi connectivity index (χ3n) is 5.08. The van der Waals surface area contributed by atoms with Crippen molar-refractivity contribution in [2.75, 3.05) is 26.2 Å². The average molecular weight is 401 g/mol. The van der Waals surface area contributed by atoms with Crippen molar-refractivity contribution in [3.05, 3.63) is 64.7 Å². The molecule has 0 atom stereocenters. The van der Waals surface area contributed by atoms with Gasteiger partial charge in [-0.2, -0.15) is 0 Å². The van der Waals surface area contributed by atoms with Gasteiger partial charge in [0.05, 0.1) is 0 Å². The van der Waals surface area contributed by atoms with Crippen LogP contribution in [0.2, 0.25) is 5.02 Å². The number of likely N-dealkylation sites (tertiary alicyclic amines) is 1. The molecule has 0 saturated carbocycles. The van der Waals surface area contributed by atoms with Crippen LogP contribution < -0.4 is 10.1 Å². The van der Waals surface area contributed by atoms with E-state index in [0.29, 0.717) is 29.5 Å². The summed E-state index contributed by atoms with van der Waals surface area (Å²) >= 11 is 6.16. The van der Waals surface area contributed by atoms with E-state index < -0.39 is 0 Å². The topological polar surface area (TPSA) is 41.6 Å². The Kier molecular flexibility index (Phi) is 8.19. The van der Waals surface area contributed by atoms with Crippen LogP contribution in [0, 0.1) is 0 Å². The first kappa shape index (κ1) is 20.7. The number of benzene rings is 2. The maximum Gasteiger partial charge on any atom is 0.251 e. The molecule has 0 bridgehead atoms. The van der Waals surface area contributed by atoms with Crippen LogP contribution in [0.3, 0.4) is 0 Å². The van der Waals surface area contributed by atoms with Gasteiger partial charge in [0.25, 0.3) is 5.91 Å². The van der Waals surface area contributed by atoms with Crippen LogP contribution in [0.25, 0.3) is 0 Å². The number of hydrogen-bond donors (Lipinski definition) is 1. The van der Waals surface area contributed by atoms with Crippen LogP contribution >= 0.6 is 11.6 Å². The van der Waals surface area contributed by atoms with E-state index in [4.69, 9.17) is 16.3 Å². The largest absolute Gasteiger partial charge is 0.489 e. The quantitative estimate of drug-likeness (QED) is 0.640. The van der Waals surface area contributed by atoms with Gasteiger partial charge in [0.1, 0.15) is 12.4 Å². The normalized spacial score (nSPS) is 15.0. The number of carbonyl (C=O) groups excluding carboxylic acids is 1. The molecule has 1 N–H and O–H groups in total. The summed E-state index contributed by atoms with van der Waals surface area (Å²) in [5, 5.41) is 3.70. The van der Waals surface area contributed by atoms with Crippen molar-refractivity contribution in [1.29, 1.82) is 0 Å². The number of amides is 1. The van der Waals surface area contributed by atoms with Crippen molar-refractivity contribution in [2.45, 2.75) is 38.7 Å². The Morgan fingerprint density at radius 2 is 1.82 bits per heavy atom. The Hall–Kier alpha value is -2.04. The molecule has 4 nitrogen and oxygen atoms in total. The molecule has 0 spiro atoms. The van der Waals surface area contributed by atoms with Gasteiger partial charge in [-0.15, -0.1) is 0 Å². The number of hydrogen-bond acceptors (Lipinski definition) is 3. The molecule has 1 amide bonds. The lowest BCUT2D eigenvalue weighted by molar-refractivity contribution is 0.0951. The predicted octanol–water partition coefficient (Wildman–Crippen LogP) is 4.91. The third-order valence-corrected chi connectivity index (χ3v) is 5.45. The Labute approximate surface area is 172 Å². The zero-order chi connectivity index (χ0) is 19.6. The molecule has 0 aliphatic carbocycles. The highest BCUT2D eigenvalue weighted by molar-refractivity contribution is 6.31. The average Bonchev–Trinajstić information content (AvgIpc) is 2.99. The summed E-state index contributed by atoms with van der Waals surface area (Å²) in [6.07, 6.45) is 6.28. The molecule has 2 aromatic carbocycles. The van der Waals surface area contributed by atoms with E-state index in [2.05, 4.69) is 10.2 Å². The Bertz CT molecular complexity index is 758. The van der Waals surface area contributed by atoms with Crippen molar-refractivity contribution in [2.24, 2.45) is 0 Å². The van der Waals surface area contributed by atoms with Crippen molar-refractivity contribution < 1.29 is 9.53 Å². The molecule has 1 heterocycles. The lowest BCUT2D eigenvalue weighted by Crippen LogP contribution is -2.30. The molecule has 2 aromatic rings. The number of ether oxygens (including phenoxy) is 1. The van der Waals surface area contributed by atoms with Gasteiger partial charge in [0.15, 0.2) is 0 Å². The molecule has 0 radical (unpaired) electrons. The van der Waals surface area contributed by atoms with Crippen molar-refractivity contribution in [1.82, 2.24) is 10.2 Å². The second kappa shape index (κ2) is 11.1. The number of halogens is 1. The molecular weight excluding hydrogens is 372 g/mol. The van der Waals surface area contributed by atoms with Gasteiger partial charge < -0.3 is 15.0 Å². The van der Waals surface area contributed by atoms with E-state index in [-0.39, 0.29) is 5.91 Å². The fraction of sp³-hybridized carbons (Fsp3) is 0.435. The van der Waals surface area contributed by atoms with Crippen LogP contribution in [0.15, 0.2) is 48.5 Å². The van der Waals surface area contributed by atoms with Gasteiger partial charge >= 0.3 is 0 Å². The molecule has 1 fully saturated rings. The molecule has 150 valence electrons. The zero-order valence-corrected chi connectivity index (χ0v) is 17.1. The van der Waals surface area contributed by atoms with Crippen LogP contribution in [0.5, 0.6) is 5.75 Å². The Morgan fingerprint density at radius 3 is 2.61 bits per heavy atom. The first-order chi connectivity index (χ1) is 13.7. The minimum atomic E-state index is -0.0564. The maximum atomic E-state index is 12.4. The third kappa shape index (κ3) is 6.54. The van der Waals surface area contributed by atoms with E-state index in [1.54, 1.807) is 6.07 Å². The van der Waals surface area contributed by atoms with Crippen LogP contribution in [-0.2, 0) is 6.61 Å². The molecule has 0 aromatic heterocycles. The smallest absolute Gasteiger partial charge is 0.251 e. The molecule has 1 aliphatic rings. The van der Waals surface area contributed by atoms with Gasteiger partial charge in [-0.05, 0) is 63.2 Å². The fourth-order valence-electron chi connectivity index (χ4n) is 3.47. The molecule has 28 heavy (non-hydrogen) atoms. The Balaban J connectivity index is 1.43. The first-order valence-corrected chi connectivity index (χ1v) is 10.6. The van der Waals surface area contributed by atoms with Crippen molar-refractivity contribution >= 4 is 17.5 Å². The number of rotatable bonds is 8. The molecule has 3 rings (SSSR count). The van der Waals surface area contributed by atoms with Gasteiger partial charge in [-0.25, -0.2) is 0 Å². The summed E-state index contributed by atoms with van der Waals surface area (Å²) in [6, 6.07) is 14.9. The first-order valence-electron chi connectivity index (χ1n) is 10.2. The monoisotopic (exact) mass is 400 g/mol. The van der Waals surface area contributed by atoms with Crippen LogP contribution in [0.1, 0.15) is 48.0 Å². The SMILES string of the molecule is O=C(NCCCN1CCCCCC1)c1cccc(OCc2ccccc2Cl)c1. The highest BCUT2D eigenvalue weighted by Gasteiger charge is 2.10. The zero-order valence-electron chi connectivity index (χ0n) is 16.3. The molecular formula is C23H29ClN2O2. The molecule has 0 unspecified atom stereocenters. The van der Waals surface area contributed by atoms with E-state index >= 15 is 0 Å². The maximum absolute atomic E-state index is 12.4. The predicted molar refractivity (Wildman–Crippen MR) is 114 cm³/mol. The standard InChI is InChI=1S/C23H29ClN2O2/c24-22-12-4-3-9-20(22)18-28-21-11-7-10-19(17-21)23(27)25-13-8-16-26-14-5-1-2-6-15-26/h3-4,7,9-12,17H,1-2,5-6,8,13-16,18H2,(H,25,27). The van der Waals surface area contributed by atoms with Gasteiger partial charge in [0.2, 0.25) is 0 Å². The van der Waals surface area contributed by atoms with Crippen LogP contribution in [0.4, 0.5) is 0 Å². The van der Waals surface area contributed by atoms with E-state index in [1.165, 1.54) is 38.8 Å². The molecule has 5 heteroatoms.